The molecule has 1 aromatic carbocycles. The summed E-state index contributed by atoms with van der Waals surface area (Å²) in [6.07, 6.45) is 3.70. The molecule has 0 radical (unpaired) electrons. The van der Waals surface area contributed by atoms with Crippen molar-refractivity contribution in [3.05, 3.63) is 67.2 Å². The molecule has 0 spiro atoms. The van der Waals surface area contributed by atoms with Crippen molar-refractivity contribution >= 4 is 33.6 Å². The maximum atomic E-state index is 13.6. The van der Waals surface area contributed by atoms with E-state index in [4.69, 9.17) is 0 Å². The average molecular weight is 382 g/mol. The fraction of sp³-hybridized carbons (Fsp3) is 0.133. The maximum absolute atomic E-state index is 13.6. The smallest absolute Gasteiger partial charge is 0.320 e. The number of carbonyl (C=O) groups is 1. The first kappa shape index (κ1) is 16.9. The summed E-state index contributed by atoms with van der Waals surface area (Å²) in [4.78, 5) is 35.3. The molecule has 2 aromatic rings. The van der Waals surface area contributed by atoms with Crippen molar-refractivity contribution in [1.29, 1.82) is 0 Å². The van der Waals surface area contributed by atoms with Crippen molar-refractivity contribution in [1.82, 2.24) is 9.13 Å². The summed E-state index contributed by atoms with van der Waals surface area (Å²) in [5.41, 5.74) is -0.794. The lowest BCUT2D eigenvalue weighted by atomic mass is 10.2. The third-order valence-electron chi connectivity index (χ3n) is 3.08. The minimum absolute atomic E-state index is 0.0243. The predicted molar refractivity (Wildman–Crippen MR) is 88.7 cm³/mol. The van der Waals surface area contributed by atoms with Gasteiger partial charge in [-0.25, -0.2) is 9.18 Å². The lowest BCUT2D eigenvalue weighted by Gasteiger charge is -2.05. The Morgan fingerprint density at radius 2 is 2.00 bits per heavy atom. The van der Waals surface area contributed by atoms with Gasteiger partial charge in [0.1, 0.15) is 5.82 Å². The largest absolute Gasteiger partial charge is 0.330 e. The molecule has 1 aromatic heterocycles. The first-order valence-corrected chi connectivity index (χ1v) is 7.29. The van der Waals surface area contributed by atoms with Crippen LogP contribution in [-0.4, -0.2) is 15.0 Å². The van der Waals surface area contributed by atoms with Crippen LogP contribution >= 0.6 is 15.9 Å². The zero-order valence-corrected chi connectivity index (χ0v) is 13.9. The lowest BCUT2D eigenvalue weighted by molar-refractivity contribution is -0.111. The van der Waals surface area contributed by atoms with Crippen molar-refractivity contribution in [2.24, 2.45) is 14.1 Å². The van der Waals surface area contributed by atoms with Gasteiger partial charge in [0.05, 0.1) is 11.3 Å². The second-order valence-electron chi connectivity index (χ2n) is 4.79. The van der Waals surface area contributed by atoms with Crippen LogP contribution in [-0.2, 0) is 18.9 Å². The fourth-order valence-electron chi connectivity index (χ4n) is 1.88. The zero-order valence-electron chi connectivity index (χ0n) is 12.3. The van der Waals surface area contributed by atoms with E-state index in [-0.39, 0.29) is 11.3 Å². The van der Waals surface area contributed by atoms with Crippen LogP contribution in [0.3, 0.4) is 0 Å². The van der Waals surface area contributed by atoms with Crippen molar-refractivity contribution in [3.8, 4) is 0 Å². The summed E-state index contributed by atoms with van der Waals surface area (Å²) in [7, 11) is 2.84. The highest BCUT2D eigenvalue weighted by atomic mass is 79.9. The van der Waals surface area contributed by atoms with Crippen LogP contribution in [0.25, 0.3) is 6.08 Å². The van der Waals surface area contributed by atoms with Crippen LogP contribution < -0.4 is 16.6 Å². The molecule has 0 atom stereocenters. The predicted octanol–water partition coefficient (Wildman–Crippen LogP) is 1.64. The summed E-state index contributed by atoms with van der Waals surface area (Å²) in [6, 6.07) is 4.23. The molecule has 0 unspecified atom stereocenters. The van der Waals surface area contributed by atoms with Gasteiger partial charge < -0.3 is 9.88 Å². The number of nitrogens with zero attached hydrogens (tertiary/aromatic N) is 2. The first-order valence-electron chi connectivity index (χ1n) is 6.50. The van der Waals surface area contributed by atoms with Gasteiger partial charge in [0.25, 0.3) is 5.56 Å². The topological polar surface area (TPSA) is 73.1 Å². The molecule has 1 N–H and O–H groups in total. The molecule has 0 aliphatic heterocycles. The molecule has 0 fully saturated rings. The Bertz CT molecular complexity index is 915. The molecule has 8 heteroatoms. The number of benzene rings is 1. The Kier molecular flexibility index (Phi) is 4.95. The van der Waals surface area contributed by atoms with Crippen molar-refractivity contribution in [3.63, 3.8) is 0 Å². The van der Waals surface area contributed by atoms with Gasteiger partial charge in [-0.1, -0.05) is 15.9 Å². The molecule has 1 amide bonds. The fourth-order valence-corrected chi connectivity index (χ4v) is 2.21. The van der Waals surface area contributed by atoms with Crippen LogP contribution in [0.5, 0.6) is 0 Å². The van der Waals surface area contributed by atoms with Gasteiger partial charge in [0, 0.05) is 30.8 Å². The van der Waals surface area contributed by atoms with Crippen LogP contribution in [0.1, 0.15) is 5.56 Å². The summed E-state index contributed by atoms with van der Waals surface area (Å²) in [5.74, 6) is -1.18. The normalized spacial score (nSPS) is 11.0. The number of aromatic nitrogens is 2. The standard InChI is InChI=1S/C15H13BrFN3O3/c1-19-8-9(14(22)20(2)15(19)23)3-6-13(21)18-12-5-4-10(16)7-11(12)17/h3-8H,1-2H3,(H,18,21)/b6-3+. The molecule has 0 aliphatic rings. The van der Waals surface area contributed by atoms with Gasteiger partial charge in [0.15, 0.2) is 0 Å². The quantitative estimate of drug-likeness (QED) is 0.821. The molecule has 6 nitrogen and oxygen atoms in total. The minimum Gasteiger partial charge on any atom is -0.320 e. The number of halogens is 2. The number of amides is 1. The van der Waals surface area contributed by atoms with Crippen LogP contribution in [0.2, 0.25) is 0 Å². The summed E-state index contributed by atoms with van der Waals surface area (Å²) < 4.78 is 16.3. The third kappa shape index (κ3) is 3.84. The van der Waals surface area contributed by atoms with Crippen LogP contribution in [0, 0.1) is 5.82 Å². The summed E-state index contributed by atoms with van der Waals surface area (Å²) in [5, 5.41) is 2.37. The molecule has 23 heavy (non-hydrogen) atoms. The number of nitrogens with one attached hydrogen (secondary N) is 1. The SMILES string of the molecule is Cn1cc(/C=C/C(=O)Nc2ccc(Br)cc2F)c(=O)n(C)c1=O. The lowest BCUT2D eigenvalue weighted by Crippen LogP contribution is -2.37. The molecule has 0 saturated heterocycles. The number of aryl methyl sites for hydroxylation is 1. The van der Waals surface area contributed by atoms with E-state index in [1.807, 2.05) is 0 Å². The Balaban J connectivity index is 2.22. The number of rotatable bonds is 3. The molecule has 1 heterocycles. The van der Waals surface area contributed by atoms with E-state index in [0.29, 0.717) is 4.47 Å². The Morgan fingerprint density at radius 1 is 1.30 bits per heavy atom. The van der Waals surface area contributed by atoms with Gasteiger partial charge in [-0.2, -0.15) is 0 Å². The van der Waals surface area contributed by atoms with E-state index in [9.17, 15) is 18.8 Å². The Hall–Kier alpha value is -2.48. The second-order valence-corrected chi connectivity index (χ2v) is 5.70. The van der Waals surface area contributed by atoms with Crippen molar-refractivity contribution in [2.45, 2.75) is 0 Å². The van der Waals surface area contributed by atoms with E-state index in [1.54, 1.807) is 6.07 Å². The number of anilines is 1. The molecule has 0 saturated carbocycles. The number of hydrogen-bond donors (Lipinski definition) is 1. The van der Waals surface area contributed by atoms with Crippen LogP contribution in [0.4, 0.5) is 10.1 Å². The van der Waals surface area contributed by atoms with Gasteiger partial charge in [-0.3, -0.25) is 14.2 Å². The molecule has 2 rings (SSSR count). The van der Waals surface area contributed by atoms with Gasteiger partial charge >= 0.3 is 5.69 Å². The number of hydrogen-bond acceptors (Lipinski definition) is 3. The second kappa shape index (κ2) is 6.74. The van der Waals surface area contributed by atoms with E-state index in [2.05, 4.69) is 21.2 Å². The molecule has 120 valence electrons. The molecule has 0 aliphatic carbocycles. The molecular weight excluding hydrogens is 369 g/mol. The summed E-state index contributed by atoms with van der Waals surface area (Å²) >= 11 is 3.12. The highest BCUT2D eigenvalue weighted by Crippen LogP contribution is 2.19. The maximum Gasteiger partial charge on any atom is 0.330 e. The van der Waals surface area contributed by atoms with Gasteiger partial charge in [0.2, 0.25) is 5.91 Å². The highest BCUT2D eigenvalue weighted by Gasteiger charge is 2.07. The van der Waals surface area contributed by atoms with E-state index >= 15 is 0 Å². The van der Waals surface area contributed by atoms with Crippen molar-refractivity contribution < 1.29 is 9.18 Å². The van der Waals surface area contributed by atoms with E-state index in [1.165, 1.54) is 43.1 Å². The van der Waals surface area contributed by atoms with Crippen LogP contribution in [0.15, 0.2) is 44.5 Å². The van der Waals surface area contributed by atoms with E-state index < -0.39 is 23.0 Å². The van der Waals surface area contributed by atoms with E-state index in [0.717, 1.165) is 10.6 Å². The molecular formula is C15H13BrFN3O3. The molecule has 0 bridgehead atoms. The monoisotopic (exact) mass is 381 g/mol. The van der Waals surface area contributed by atoms with Gasteiger partial charge in [-0.15, -0.1) is 0 Å². The van der Waals surface area contributed by atoms with Gasteiger partial charge in [-0.05, 0) is 24.3 Å². The first-order chi connectivity index (χ1) is 10.8. The number of carbonyl (C=O) groups excluding carboxylic acids is 1. The van der Waals surface area contributed by atoms with Crippen molar-refractivity contribution in [2.75, 3.05) is 5.32 Å². The Morgan fingerprint density at radius 3 is 2.65 bits per heavy atom. The summed E-state index contributed by atoms with van der Waals surface area (Å²) in [6.45, 7) is 0. The minimum atomic E-state index is -0.595. The third-order valence-corrected chi connectivity index (χ3v) is 3.57. The zero-order chi connectivity index (χ0) is 17.1. The highest BCUT2D eigenvalue weighted by molar-refractivity contribution is 9.10. The Labute approximate surface area is 139 Å². The average Bonchev–Trinajstić information content (AvgIpc) is 2.50.